The molecule has 0 bridgehead atoms. The molecule has 1 saturated heterocycles. The highest BCUT2D eigenvalue weighted by Gasteiger charge is 2.23. The number of hydrogen-bond acceptors (Lipinski definition) is 3. The van der Waals surface area contributed by atoms with Crippen LogP contribution in [-0.4, -0.2) is 54.5 Å². The summed E-state index contributed by atoms with van der Waals surface area (Å²) in [4.78, 5) is 16.1. The topological polar surface area (TPSA) is 49.6 Å². The Morgan fingerprint density at radius 2 is 1.88 bits per heavy atom. The van der Waals surface area contributed by atoms with Gasteiger partial charge in [-0.05, 0) is 12.8 Å². The molecule has 4 heteroatoms. The lowest BCUT2D eigenvalue weighted by Crippen LogP contribution is -2.53. The quantitative estimate of drug-likeness (QED) is 0.751. The maximum Gasteiger partial charge on any atom is 0.222 e. The van der Waals surface area contributed by atoms with E-state index in [4.69, 9.17) is 5.73 Å². The zero-order chi connectivity index (χ0) is 12.0. The van der Waals surface area contributed by atoms with Crippen molar-refractivity contribution in [2.75, 3.05) is 32.7 Å². The van der Waals surface area contributed by atoms with E-state index in [1.54, 1.807) is 0 Å². The van der Waals surface area contributed by atoms with Gasteiger partial charge in [-0.15, -0.1) is 0 Å². The first-order valence-corrected chi connectivity index (χ1v) is 6.44. The van der Waals surface area contributed by atoms with Gasteiger partial charge in [0, 0.05) is 45.2 Å². The summed E-state index contributed by atoms with van der Waals surface area (Å²) in [5.41, 5.74) is 5.73. The summed E-state index contributed by atoms with van der Waals surface area (Å²) >= 11 is 0. The molecule has 16 heavy (non-hydrogen) atoms. The van der Waals surface area contributed by atoms with Crippen LogP contribution >= 0.6 is 0 Å². The van der Waals surface area contributed by atoms with Crippen LogP contribution in [0.1, 0.15) is 33.1 Å². The smallest absolute Gasteiger partial charge is 0.222 e. The van der Waals surface area contributed by atoms with Crippen molar-refractivity contribution in [1.29, 1.82) is 0 Å². The molecule has 1 aliphatic rings. The van der Waals surface area contributed by atoms with Crippen molar-refractivity contribution in [2.45, 2.75) is 39.2 Å². The van der Waals surface area contributed by atoms with Crippen molar-refractivity contribution in [3.63, 3.8) is 0 Å². The summed E-state index contributed by atoms with van der Waals surface area (Å²) in [5.74, 6) is 0.308. The van der Waals surface area contributed by atoms with E-state index in [2.05, 4.69) is 18.7 Å². The molecule has 0 aliphatic carbocycles. The van der Waals surface area contributed by atoms with Gasteiger partial charge in [0.15, 0.2) is 0 Å². The summed E-state index contributed by atoms with van der Waals surface area (Å²) in [7, 11) is 0. The second-order valence-corrected chi connectivity index (χ2v) is 4.46. The van der Waals surface area contributed by atoms with Crippen LogP contribution in [0.5, 0.6) is 0 Å². The van der Waals surface area contributed by atoms with E-state index in [9.17, 15) is 4.79 Å². The van der Waals surface area contributed by atoms with Gasteiger partial charge in [-0.1, -0.05) is 13.8 Å². The molecule has 2 N–H and O–H groups in total. The molecule has 0 radical (unpaired) electrons. The van der Waals surface area contributed by atoms with E-state index >= 15 is 0 Å². The minimum absolute atomic E-state index is 0.308. The zero-order valence-corrected chi connectivity index (χ0v) is 10.6. The van der Waals surface area contributed by atoms with Crippen LogP contribution in [0.4, 0.5) is 0 Å². The van der Waals surface area contributed by atoms with Crippen molar-refractivity contribution in [3.8, 4) is 0 Å². The zero-order valence-electron chi connectivity index (χ0n) is 10.6. The molecule has 0 saturated carbocycles. The molecule has 4 nitrogen and oxygen atoms in total. The number of carbonyl (C=O) groups is 1. The Morgan fingerprint density at radius 3 is 2.31 bits per heavy atom. The van der Waals surface area contributed by atoms with Crippen LogP contribution < -0.4 is 5.73 Å². The molecule has 1 heterocycles. The molecule has 1 atom stereocenters. The lowest BCUT2D eigenvalue weighted by Gasteiger charge is -2.38. The Kier molecular flexibility index (Phi) is 5.77. The van der Waals surface area contributed by atoms with Gasteiger partial charge >= 0.3 is 0 Å². The Hall–Kier alpha value is -0.610. The Balaban J connectivity index is 2.35. The molecule has 1 amide bonds. The maximum absolute atomic E-state index is 11.7. The van der Waals surface area contributed by atoms with E-state index in [0.29, 0.717) is 18.4 Å². The summed E-state index contributed by atoms with van der Waals surface area (Å²) in [5, 5.41) is 0. The summed E-state index contributed by atoms with van der Waals surface area (Å²) < 4.78 is 0. The minimum Gasteiger partial charge on any atom is -0.340 e. The van der Waals surface area contributed by atoms with Crippen LogP contribution in [0.2, 0.25) is 0 Å². The van der Waals surface area contributed by atoms with Crippen LogP contribution in [0.3, 0.4) is 0 Å². The van der Waals surface area contributed by atoms with E-state index in [1.807, 2.05) is 4.90 Å². The second kappa shape index (κ2) is 6.86. The third-order valence-corrected chi connectivity index (χ3v) is 3.39. The predicted octanol–water partition coefficient (Wildman–Crippen LogP) is 0.668. The fraction of sp³-hybridized carbons (Fsp3) is 0.917. The number of nitrogens with zero attached hydrogens (tertiary/aromatic N) is 2. The third kappa shape index (κ3) is 3.46. The highest BCUT2D eigenvalue weighted by atomic mass is 16.2. The monoisotopic (exact) mass is 227 g/mol. The lowest BCUT2D eigenvalue weighted by molar-refractivity contribution is -0.133. The van der Waals surface area contributed by atoms with E-state index in [1.165, 1.54) is 0 Å². The Morgan fingerprint density at radius 1 is 1.25 bits per heavy atom. The summed E-state index contributed by atoms with van der Waals surface area (Å²) in [6, 6.07) is 0.489. The van der Waals surface area contributed by atoms with Crippen molar-refractivity contribution >= 4 is 5.91 Å². The highest BCUT2D eigenvalue weighted by molar-refractivity contribution is 5.76. The first kappa shape index (κ1) is 13.5. The van der Waals surface area contributed by atoms with Crippen molar-refractivity contribution < 1.29 is 4.79 Å². The molecule has 1 rings (SSSR count). The van der Waals surface area contributed by atoms with Gasteiger partial charge in [-0.25, -0.2) is 0 Å². The van der Waals surface area contributed by atoms with Gasteiger partial charge in [-0.2, -0.15) is 0 Å². The largest absolute Gasteiger partial charge is 0.340 e. The number of piperazine rings is 1. The fourth-order valence-corrected chi connectivity index (χ4v) is 2.28. The molecule has 0 aromatic carbocycles. The minimum atomic E-state index is 0.308. The van der Waals surface area contributed by atoms with Gasteiger partial charge in [0.25, 0.3) is 0 Å². The molecule has 1 aliphatic heterocycles. The first-order chi connectivity index (χ1) is 7.72. The number of rotatable bonds is 5. The molecule has 94 valence electrons. The average molecular weight is 227 g/mol. The van der Waals surface area contributed by atoms with Gasteiger partial charge in [-0.3, -0.25) is 9.69 Å². The summed E-state index contributed by atoms with van der Waals surface area (Å²) in [6.07, 6.45) is 2.73. The van der Waals surface area contributed by atoms with E-state index in [0.717, 1.165) is 45.6 Å². The molecular weight excluding hydrogens is 202 g/mol. The maximum atomic E-state index is 11.7. The van der Waals surface area contributed by atoms with E-state index < -0.39 is 0 Å². The number of amides is 1. The molecule has 1 fully saturated rings. The normalized spacial score (nSPS) is 19.8. The van der Waals surface area contributed by atoms with E-state index in [-0.39, 0.29) is 0 Å². The highest BCUT2D eigenvalue weighted by Crippen LogP contribution is 2.09. The Bertz CT molecular complexity index is 208. The fourth-order valence-electron chi connectivity index (χ4n) is 2.28. The Labute approximate surface area is 98.8 Å². The lowest BCUT2D eigenvalue weighted by atomic mass is 10.1. The number of hydrogen-bond donors (Lipinski definition) is 1. The molecule has 1 unspecified atom stereocenters. The SMILES string of the molecule is CCCC(=O)N1CCN(C(CC)CN)CC1. The number of nitrogens with two attached hydrogens (primary N) is 1. The van der Waals surface area contributed by atoms with Crippen molar-refractivity contribution in [2.24, 2.45) is 5.73 Å². The van der Waals surface area contributed by atoms with Crippen molar-refractivity contribution in [1.82, 2.24) is 9.80 Å². The molecular formula is C12H25N3O. The molecule has 0 spiro atoms. The number of carbonyl (C=O) groups excluding carboxylic acids is 1. The standard InChI is InChI=1S/C12H25N3O/c1-3-5-12(16)15-8-6-14(7-9-15)11(4-2)10-13/h11H,3-10,13H2,1-2H3. The molecule has 0 aromatic rings. The van der Waals surface area contributed by atoms with Gasteiger partial charge in [0.2, 0.25) is 5.91 Å². The predicted molar refractivity (Wildman–Crippen MR) is 66.2 cm³/mol. The summed E-state index contributed by atoms with van der Waals surface area (Å²) in [6.45, 7) is 8.64. The van der Waals surface area contributed by atoms with Gasteiger partial charge < -0.3 is 10.6 Å². The average Bonchev–Trinajstić information content (AvgIpc) is 2.32. The molecule has 0 aromatic heterocycles. The van der Waals surface area contributed by atoms with Crippen LogP contribution in [-0.2, 0) is 4.79 Å². The van der Waals surface area contributed by atoms with Crippen LogP contribution in [0, 0.1) is 0 Å². The van der Waals surface area contributed by atoms with Gasteiger partial charge in [0.05, 0.1) is 0 Å². The van der Waals surface area contributed by atoms with Crippen molar-refractivity contribution in [3.05, 3.63) is 0 Å². The first-order valence-electron chi connectivity index (χ1n) is 6.44. The third-order valence-electron chi connectivity index (χ3n) is 3.39. The van der Waals surface area contributed by atoms with Crippen LogP contribution in [0.15, 0.2) is 0 Å². The second-order valence-electron chi connectivity index (χ2n) is 4.46. The van der Waals surface area contributed by atoms with Gasteiger partial charge in [0.1, 0.15) is 0 Å². The van der Waals surface area contributed by atoms with Crippen LogP contribution in [0.25, 0.3) is 0 Å².